The molecule has 2 amide bonds. The first-order valence-electron chi connectivity index (χ1n) is 14.5. The van der Waals surface area contributed by atoms with Gasteiger partial charge in [-0.05, 0) is 72.4 Å². The normalized spacial score (nSPS) is 19.5. The minimum Gasteiger partial charge on any atom is -0.449 e. The summed E-state index contributed by atoms with van der Waals surface area (Å²) in [6.45, 7) is 2.12. The second kappa shape index (κ2) is 11.8. The molecule has 0 radical (unpaired) electrons. The van der Waals surface area contributed by atoms with Crippen molar-refractivity contribution in [2.75, 3.05) is 24.3 Å². The molecule has 2 atom stereocenters. The lowest BCUT2D eigenvalue weighted by molar-refractivity contribution is -0.131. The Hall–Kier alpha value is -4.71. The molecule has 1 fully saturated rings. The second-order valence-corrected chi connectivity index (χ2v) is 13.5. The summed E-state index contributed by atoms with van der Waals surface area (Å²) in [7, 11) is -2.00. The molecule has 0 saturated heterocycles. The number of anilines is 2. The highest BCUT2D eigenvalue weighted by Crippen LogP contribution is 2.36. The molecule has 3 N–H and O–H groups in total. The Morgan fingerprint density at radius 2 is 1.75 bits per heavy atom. The summed E-state index contributed by atoms with van der Waals surface area (Å²) in [4.78, 5) is 47.7. The number of rotatable bonds is 5. The van der Waals surface area contributed by atoms with Gasteiger partial charge in [0.15, 0.2) is 9.84 Å². The van der Waals surface area contributed by atoms with Gasteiger partial charge < -0.3 is 19.9 Å². The van der Waals surface area contributed by atoms with Gasteiger partial charge in [-0.2, -0.15) is 0 Å². The summed E-state index contributed by atoms with van der Waals surface area (Å²) in [6.07, 6.45) is 2.59. The van der Waals surface area contributed by atoms with Gasteiger partial charge in [-0.1, -0.05) is 31.2 Å². The lowest BCUT2D eigenvalue weighted by Crippen LogP contribution is -2.35. The van der Waals surface area contributed by atoms with Crippen molar-refractivity contribution in [2.45, 2.75) is 54.8 Å². The molecule has 3 aromatic carbocycles. The smallest absolute Gasteiger partial charge is 0.411 e. The molecular formula is C32H33N5O6S. The number of benzene rings is 3. The standard InChI is InChI=1S/C32H33N5O6S/c1-3-19-17-43-32(40)36-23-9-13-28(44(41,42)25-10-11-25)22(14-23)16-37(2)31(39)29(21-6-4-20(19)5-7-21)35-24-8-12-27-26(15-24)30(38)34-18-33-27/h4-9,12-15,18-19,25,29,35H,3,10-11,16-17H2,1-2H3,(H,36,40)(H,33,34,38)/t19-,29+/m0/s1. The van der Waals surface area contributed by atoms with Crippen molar-refractivity contribution in [1.82, 2.24) is 14.9 Å². The van der Waals surface area contributed by atoms with Crippen LogP contribution in [-0.2, 0) is 25.9 Å². The summed E-state index contributed by atoms with van der Waals surface area (Å²) >= 11 is 0. The SMILES string of the molecule is CC[C@H]1COC(=O)Nc2ccc(S(=O)(=O)C3CC3)c(c2)CN(C)C(=O)[C@H](Nc2ccc3nc[nH]c(=O)c3c2)c2ccc1cc2. The number of carbonyl (C=O) groups excluding carboxylic acids is 2. The van der Waals surface area contributed by atoms with Gasteiger partial charge in [0, 0.05) is 30.9 Å². The Labute approximate surface area is 254 Å². The number of hydrogen-bond donors (Lipinski definition) is 3. The topological polar surface area (TPSA) is 151 Å². The molecule has 0 unspecified atom stereocenters. The molecule has 7 rings (SSSR count). The molecular weight excluding hydrogens is 582 g/mol. The van der Waals surface area contributed by atoms with Crippen LogP contribution in [-0.4, -0.2) is 54.2 Å². The summed E-state index contributed by atoms with van der Waals surface area (Å²) in [5, 5.41) is 5.93. The number of fused-ring (bicyclic) bond motifs is 10. The zero-order valence-corrected chi connectivity index (χ0v) is 25.2. The Morgan fingerprint density at radius 3 is 2.48 bits per heavy atom. The minimum atomic E-state index is -3.61. The maximum atomic E-state index is 14.2. The van der Waals surface area contributed by atoms with Crippen molar-refractivity contribution >= 4 is 44.1 Å². The van der Waals surface area contributed by atoms with E-state index in [-0.39, 0.29) is 35.4 Å². The number of aromatic nitrogens is 2. The van der Waals surface area contributed by atoms with Crippen molar-refractivity contribution in [3.8, 4) is 0 Å². The third kappa shape index (κ3) is 5.89. The maximum absolute atomic E-state index is 14.2. The van der Waals surface area contributed by atoms with Crippen molar-refractivity contribution in [3.63, 3.8) is 0 Å². The fourth-order valence-corrected chi connectivity index (χ4v) is 7.39. The van der Waals surface area contributed by atoms with E-state index in [1.165, 1.54) is 17.3 Å². The fourth-order valence-electron chi connectivity index (χ4n) is 5.52. The van der Waals surface area contributed by atoms with E-state index in [0.717, 1.165) is 5.56 Å². The zero-order chi connectivity index (χ0) is 31.0. The van der Waals surface area contributed by atoms with Gasteiger partial charge in [-0.15, -0.1) is 0 Å². The zero-order valence-electron chi connectivity index (χ0n) is 24.4. The molecule has 228 valence electrons. The van der Waals surface area contributed by atoms with Crippen LogP contribution < -0.4 is 16.2 Å². The number of H-pyrrole nitrogens is 1. The van der Waals surface area contributed by atoms with Crippen LogP contribution in [0.1, 0.15) is 54.8 Å². The maximum Gasteiger partial charge on any atom is 0.411 e. The highest BCUT2D eigenvalue weighted by molar-refractivity contribution is 7.92. The molecule has 2 aliphatic heterocycles. The average molecular weight is 616 g/mol. The number of carbonyl (C=O) groups is 2. The van der Waals surface area contributed by atoms with Crippen molar-refractivity contribution < 1.29 is 22.7 Å². The molecule has 3 heterocycles. The van der Waals surface area contributed by atoms with Crippen LogP contribution in [0.2, 0.25) is 0 Å². The van der Waals surface area contributed by atoms with E-state index in [0.29, 0.717) is 52.7 Å². The van der Waals surface area contributed by atoms with Gasteiger partial charge in [-0.25, -0.2) is 18.2 Å². The number of nitrogens with one attached hydrogen (secondary N) is 3. The van der Waals surface area contributed by atoms with E-state index in [1.807, 2.05) is 31.2 Å². The summed E-state index contributed by atoms with van der Waals surface area (Å²) < 4.78 is 32.2. The fraction of sp³-hybridized carbons (Fsp3) is 0.312. The predicted octanol–water partition coefficient (Wildman–Crippen LogP) is 4.73. The van der Waals surface area contributed by atoms with Crippen LogP contribution in [0.5, 0.6) is 0 Å². The van der Waals surface area contributed by atoms with Gasteiger partial charge in [0.2, 0.25) is 5.91 Å². The molecule has 44 heavy (non-hydrogen) atoms. The molecule has 1 saturated carbocycles. The average Bonchev–Trinajstić information content (AvgIpc) is 3.87. The largest absolute Gasteiger partial charge is 0.449 e. The first kappa shape index (κ1) is 29.4. The van der Waals surface area contributed by atoms with E-state index in [9.17, 15) is 22.8 Å². The Morgan fingerprint density at radius 1 is 1.00 bits per heavy atom. The van der Waals surface area contributed by atoms with E-state index < -0.39 is 27.2 Å². The van der Waals surface area contributed by atoms with Crippen LogP contribution in [0.15, 0.2) is 76.7 Å². The summed E-state index contributed by atoms with van der Waals surface area (Å²) in [5.41, 5.74) is 3.16. The summed E-state index contributed by atoms with van der Waals surface area (Å²) in [5.74, 6) is -0.390. The number of hydrogen-bond acceptors (Lipinski definition) is 8. The molecule has 11 nitrogen and oxygen atoms in total. The number of nitrogens with zero attached hydrogens (tertiary/aromatic N) is 2. The van der Waals surface area contributed by atoms with Crippen molar-refractivity contribution in [2.24, 2.45) is 0 Å². The van der Waals surface area contributed by atoms with E-state index in [1.54, 1.807) is 37.4 Å². The second-order valence-electron chi connectivity index (χ2n) is 11.3. The van der Waals surface area contributed by atoms with Gasteiger partial charge in [0.1, 0.15) is 12.6 Å². The Kier molecular flexibility index (Phi) is 7.85. The van der Waals surface area contributed by atoms with Gasteiger partial charge >= 0.3 is 6.09 Å². The quantitative estimate of drug-likeness (QED) is 0.292. The van der Waals surface area contributed by atoms with Crippen molar-refractivity contribution in [3.05, 3.63) is 94.0 Å². The molecule has 0 spiro atoms. The molecule has 1 aromatic heterocycles. The first-order valence-corrected chi connectivity index (χ1v) is 16.1. The van der Waals surface area contributed by atoms with Gasteiger partial charge in [0.25, 0.3) is 5.56 Å². The molecule has 4 aromatic rings. The monoisotopic (exact) mass is 615 g/mol. The van der Waals surface area contributed by atoms with E-state index >= 15 is 0 Å². The number of amides is 2. The van der Waals surface area contributed by atoms with Gasteiger partial charge in [-0.3, -0.25) is 14.9 Å². The predicted molar refractivity (Wildman–Crippen MR) is 166 cm³/mol. The van der Waals surface area contributed by atoms with Crippen LogP contribution in [0, 0.1) is 0 Å². The summed E-state index contributed by atoms with van der Waals surface area (Å²) in [6, 6.07) is 16.4. The van der Waals surface area contributed by atoms with Crippen LogP contribution >= 0.6 is 0 Å². The number of likely N-dealkylation sites (N-methyl/N-ethyl adjacent to an activating group) is 1. The van der Waals surface area contributed by atoms with Crippen molar-refractivity contribution in [1.29, 1.82) is 0 Å². The Bertz CT molecular complexity index is 1900. The lowest BCUT2D eigenvalue weighted by Gasteiger charge is -2.27. The Balaban J connectivity index is 1.42. The molecule has 4 bridgehead atoms. The number of ether oxygens (including phenoxy) is 1. The van der Waals surface area contributed by atoms with Crippen LogP contribution in [0.25, 0.3) is 10.9 Å². The van der Waals surface area contributed by atoms with E-state index in [2.05, 4.69) is 20.6 Å². The first-order chi connectivity index (χ1) is 21.1. The number of aromatic amines is 1. The molecule has 1 aliphatic carbocycles. The highest BCUT2D eigenvalue weighted by atomic mass is 32.2. The molecule has 3 aliphatic rings. The van der Waals surface area contributed by atoms with Crippen LogP contribution in [0.4, 0.5) is 16.2 Å². The van der Waals surface area contributed by atoms with E-state index in [4.69, 9.17) is 4.74 Å². The lowest BCUT2D eigenvalue weighted by atomic mass is 9.94. The van der Waals surface area contributed by atoms with Crippen LogP contribution in [0.3, 0.4) is 0 Å². The van der Waals surface area contributed by atoms with Gasteiger partial charge in [0.05, 0.1) is 27.4 Å². The molecule has 12 heteroatoms. The minimum absolute atomic E-state index is 0.0276. The third-order valence-electron chi connectivity index (χ3n) is 8.21. The third-order valence-corrected chi connectivity index (χ3v) is 10.6. The highest BCUT2D eigenvalue weighted by Gasteiger charge is 2.38. The number of sulfone groups is 1.